The number of phenolic OH excluding ortho intramolecular Hbond substituents is 1. The molecule has 0 radical (unpaired) electrons. The molecule has 1 aliphatic heterocycles. The number of nitrogens with zero attached hydrogens (tertiary/aromatic N) is 1. The van der Waals surface area contributed by atoms with Crippen LogP contribution in [0.25, 0.3) is 6.08 Å². The highest BCUT2D eigenvalue weighted by molar-refractivity contribution is 6.07. The summed E-state index contributed by atoms with van der Waals surface area (Å²) in [5.74, 6) is -1.30. The summed E-state index contributed by atoms with van der Waals surface area (Å²) in [4.78, 5) is 14.4. The van der Waals surface area contributed by atoms with Crippen LogP contribution in [0.5, 0.6) is 5.75 Å². The number of aromatic hydroxyl groups is 1. The molecule has 2 aromatic carbocycles. The normalized spacial score (nSPS) is 15.7. The smallest absolute Gasteiger partial charge is 0.185 e. The minimum Gasteiger partial charge on any atom is -0.505 e. The Morgan fingerprint density at radius 2 is 1.80 bits per heavy atom. The van der Waals surface area contributed by atoms with E-state index in [9.17, 15) is 14.3 Å². The molecule has 1 heterocycles. The predicted molar refractivity (Wildman–Crippen MR) is 95.3 cm³/mol. The Morgan fingerprint density at radius 3 is 2.44 bits per heavy atom. The van der Waals surface area contributed by atoms with E-state index in [4.69, 9.17) is 5.11 Å². The molecule has 0 atom stereocenters. The van der Waals surface area contributed by atoms with Gasteiger partial charge in [0, 0.05) is 24.3 Å². The molecule has 130 valence electrons. The molecule has 2 N–H and O–H groups in total. The Morgan fingerprint density at radius 1 is 1.12 bits per heavy atom. The molecule has 0 aliphatic carbocycles. The minimum atomic E-state index is -0.717. The van der Waals surface area contributed by atoms with E-state index in [-0.39, 0.29) is 11.9 Å². The standard InChI is InChI=1S/C20H20FNO3/c21-18-13-14(2-8-20(18)25)1-7-19(24)15-3-5-16(6-4-15)22-11-9-17(23)10-12-22/h1-8,13,17,23,25H,9-12H2/b7-1+. The lowest BCUT2D eigenvalue weighted by Crippen LogP contribution is -2.35. The van der Waals surface area contributed by atoms with Gasteiger partial charge in [0.05, 0.1) is 6.10 Å². The maximum atomic E-state index is 13.3. The molecule has 1 aliphatic rings. The van der Waals surface area contributed by atoms with Crippen LogP contribution >= 0.6 is 0 Å². The van der Waals surface area contributed by atoms with Crippen LogP contribution in [-0.4, -0.2) is 35.2 Å². The maximum absolute atomic E-state index is 13.3. The summed E-state index contributed by atoms with van der Waals surface area (Å²) in [6.45, 7) is 1.61. The van der Waals surface area contributed by atoms with Gasteiger partial charge in [-0.1, -0.05) is 12.1 Å². The first kappa shape index (κ1) is 17.2. The molecule has 25 heavy (non-hydrogen) atoms. The monoisotopic (exact) mass is 341 g/mol. The van der Waals surface area contributed by atoms with E-state index >= 15 is 0 Å². The summed E-state index contributed by atoms with van der Waals surface area (Å²) in [6.07, 6.45) is 4.20. The van der Waals surface area contributed by atoms with Crippen molar-refractivity contribution in [2.75, 3.05) is 18.0 Å². The number of carbonyl (C=O) groups is 1. The lowest BCUT2D eigenvalue weighted by atomic mass is 10.1. The van der Waals surface area contributed by atoms with Crippen molar-refractivity contribution >= 4 is 17.5 Å². The number of aliphatic hydroxyl groups is 1. The van der Waals surface area contributed by atoms with Crippen molar-refractivity contribution < 1.29 is 19.4 Å². The van der Waals surface area contributed by atoms with Crippen molar-refractivity contribution in [3.63, 3.8) is 0 Å². The molecular formula is C20H20FNO3. The second kappa shape index (κ2) is 7.49. The molecule has 0 amide bonds. The van der Waals surface area contributed by atoms with Gasteiger partial charge in [-0.25, -0.2) is 4.39 Å². The van der Waals surface area contributed by atoms with Crippen LogP contribution in [-0.2, 0) is 0 Å². The van der Waals surface area contributed by atoms with Gasteiger partial charge in [-0.3, -0.25) is 4.79 Å². The van der Waals surface area contributed by atoms with E-state index in [1.165, 1.54) is 30.4 Å². The van der Waals surface area contributed by atoms with Crippen LogP contribution in [0.1, 0.15) is 28.8 Å². The number of ketones is 1. The van der Waals surface area contributed by atoms with E-state index in [1.54, 1.807) is 12.1 Å². The van der Waals surface area contributed by atoms with Crippen LogP contribution in [0.3, 0.4) is 0 Å². The number of aliphatic hydroxyl groups excluding tert-OH is 1. The quantitative estimate of drug-likeness (QED) is 0.661. The van der Waals surface area contributed by atoms with Gasteiger partial charge in [0.25, 0.3) is 0 Å². The molecule has 4 nitrogen and oxygen atoms in total. The largest absolute Gasteiger partial charge is 0.505 e. The lowest BCUT2D eigenvalue weighted by Gasteiger charge is -2.31. The van der Waals surface area contributed by atoms with Crippen molar-refractivity contribution in [2.24, 2.45) is 0 Å². The summed E-state index contributed by atoms with van der Waals surface area (Å²) in [6, 6.07) is 11.3. The first-order valence-electron chi connectivity index (χ1n) is 8.27. The van der Waals surface area contributed by atoms with Gasteiger partial charge < -0.3 is 15.1 Å². The summed E-state index contributed by atoms with van der Waals surface area (Å²) in [5.41, 5.74) is 2.09. The third kappa shape index (κ3) is 4.25. The number of hydrogen-bond acceptors (Lipinski definition) is 4. The average molecular weight is 341 g/mol. The minimum absolute atomic E-state index is 0.172. The highest BCUT2D eigenvalue weighted by atomic mass is 19.1. The van der Waals surface area contributed by atoms with E-state index in [1.807, 2.05) is 12.1 Å². The van der Waals surface area contributed by atoms with Gasteiger partial charge in [0.1, 0.15) is 0 Å². The van der Waals surface area contributed by atoms with E-state index < -0.39 is 11.6 Å². The number of anilines is 1. The van der Waals surface area contributed by atoms with Crippen molar-refractivity contribution in [3.8, 4) is 5.75 Å². The van der Waals surface area contributed by atoms with Gasteiger partial charge in [-0.2, -0.15) is 0 Å². The number of hydrogen-bond donors (Lipinski definition) is 2. The van der Waals surface area contributed by atoms with Crippen molar-refractivity contribution in [1.29, 1.82) is 0 Å². The average Bonchev–Trinajstić information content (AvgIpc) is 2.63. The predicted octanol–water partition coefficient (Wildman–Crippen LogP) is 3.39. The van der Waals surface area contributed by atoms with E-state index in [2.05, 4.69) is 4.90 Å². The topological polar surface area (TPSA) is 60.8 Å². The molecule has 0 aromatic heterocycles. The van der Waals surface area contributed by atoms with Crippen molar-refractivity contribution in [3.05, 3.63) is 65.5 Å². The van der Waals surface area contributed by atoms with Crippen molar-refractivity contribution in [2.45, 2.75) is 18.9 Å². The molecule has 3 rings (SSSR count). The number of phenols is 1. The van der Waals surface area contributed by atoms with Crippen LogP contribution in [0, 0.1) is 5.82 Å². The Kier molecular flexibility index (Phi) is 5.14. The fraction of sp³-hybridized carbons (Fsp3) is 0.250. The molecule has 5 heteroatoms. The summed E-state index contributed by atoms with van der Waals surface area (Å²) in [7, 11) is 0. The molecule has 0 bridgehead atoms. The Hall–Kier alpha value is -2.66. The number of allylic oxidation sites excluding steroid dienone is 1. The zero-order valence-corrected chi connectivity index (χ0v) is 13.7. The summed E-state index contributed by atoms with van der Waals surface area (Å²) < 4.78 is 13.3. The Labute approximate surface area is 145 Å². The second-order valence-corrected chi connectivity index (χ2v) is 6.17. The number of piperidine rings is 1. The van der Waals surface area contributed by atoms with Gasteiger partial charge in [-0.05, 0) is 60.9 Å². The Bertz CT molecular complexity index is 778. The third-order valence-electron chi connectivity index (χ3n) is 4.38. The summed E-state index contributed by atoms with van der Waals surface area (Å²) >= 11 is 0. The van der Waals surface area contributed by atoms with Crippen LogP contribution in [0.4, 0.5) is 10.1 Å². The van der Waals surface area contributed by atoms with Crippen LogP contribution in [0.15, 0.2) is 48.5 Å². The van der Waals surface area contributed by atoms with E-state index in [0.29, 0.717) is 11.1 Å². The van der Waals surface area contributed by atoms with Crippen LogP contribution in [0.2, 0.25) is 0 Å². The fourth-order valence-electron chi connectivity index (χ4n) is 2.86. The SMILES string of the molecule is O=C(/C=C/c1ccc(O)c(F)c1)c1ccc(N2CCC(O)CC2)cc1. The zero-order chi connectivity index (χ0) is 17.8. The number of rotatable bonds is 4. The molecule has 2 aromatic rings. The van der Waals surface area contributed by atoms with Gasteiger partial charge in [0.2, 0.25) is 0 Å². The maximum Gasteiger partial charge on any atom is 0.185 e. The van der Waals surface area contributed by atoms with Crippen molar-refractivity contribution in [1.82, 2.24) is 0 Å². The number of halogens is 1. The molecule has 1 fully saturated rings. The molecule has 0 saturated carbocycles. The molecular weight excluding hydrogens is 321 g/mol. The number of benzene rings is 2. The van der Waals surface area contributed by atoms with Gasteiger partial charge in [-0.15, -0.1) is 0 Å². The van der Waals surface area contributed by atoms with Gasteiger partial charge in [0.15, 0.2) is 17.3 Å². The lowest BCUT2D eigenvalue weighted by molar-refractivity contribution is 0.104. The molecule has 0 unspecified atom stereocenters. The molecule has 0 spiro atoms. The fourth-order valence-corrected chi connectivity index (χ4v) is 2.86. The number of carbonyl (C=O) groups excluding carboxylic acids is 1. The van der Waals surface area contributed by atoms with Crippen LogP contribution < -0.4 is 4.90 Å². The zero-order valence-electron chi connectivity index (χ0n) is 13.7. The van der Waals surface area contributed by atoms with Gasteiger partial charge >= 0.3 is 0 Å². The summed E-state index contributed by atoms with van der Waals surface area (Å²) in [5, 5.41) is 18.7. The molecule has 1 saturated heterocycles. The Balaban J connectivity index is 1.66. The highest BCUT2D eigenvalue weighted by Gasteiger charge is 2.17. The third-order valence-corrected chi connectivity index (χ3v) is 4.38. The van der Waals surface area contributed by atoms with E-state index in [0.717, 1.165) is 31.6 Å². The second-order valence-electron chi connectivity index (χ2n) is 6.17. The first-order valence-corrected chi connectivity index (χ1v) is 8.27. The highest BCUT2D eigenvalue weighted by Crippen LogP contribution is 2.21. The first-order chi connectivity index (χ1) is 12.0.